The van der Waals surface area contributed by atoms with E-state index in [-0.39, 0.29) is 63.0 Å². The number of thiophene rings is 1. The lowest BCUT2D eigenvalue weighted by Crippen LogP contribution is -2.57. The first-order chi connectivity index (χ1) is 27.3. The minimum Gasteiger partial charge on any atom is -0.461 e. The number of hydrogen-bond acceptors (Lipinski definition) is 9. The van der Waals surface area contributed by atoms with Gasteiger partial charge < -0.3 is 25.2 Å². The summed E-state index contributed by atoms with van der Waals surface area (Å²) in [6, 6.07) is 1.53. The number of halogens is 9. The zero-order valence-electron chi connectivity index (χ0n) is 31.2. The van der Waals surface area contributed by atoms with E-state index in [1.165, 1.54) is 14.7 Å². The molecule has 10 nitrogen and oxygen atoms in total. The molecule has 4 fully saturated rings. The molecule has 2 N–H and O–H groups in total. The minimum absolute atomic E-state index is 0.000640. The first-order valence-corrected chi connectivity index (χ1v) is 19.6. The second-order valence-corrected chi connectivity index (χ2v) is 16.5. The van der Waals surface area contributed by atoms with Crippen LogP contribution in [0, 0.1) is 17.1 Å². The summed E-state index contributed by atoms with van der Waals surface area (Å²) in [6.07, 6.45) is -11.8. The van der Waals surface area contributed by atoms with Crippen molar-refractivity contribution in [1.82, 2.24) is 24.7 Å². The second kappa shape index (κ2) is 14.2. The Morgan fingerprint density at radius 2 is 1.84 bits per heavy atom. The molecule has 0 saturated carbocycles. The Morgan fingerprint density at radius 1 is 1.10 bits per heavy atom. The van der Waals surface area contributed by atoms with E-state index >= 15 is 30.7 Å². The third kappa shape index (κ3) is 6.57. The van der Waals surface area contributed by atoms with Gasteiger partial charge in [-0.2, -0.15) is 41.6 Å². The van der Waals surface area contributed by atoms with Crippen LogP contribution >= 0.6 is 11.3 Å². The largest absolute Gasteiger partial charge is 0.461 e. The Balaban J connectivity index is 1.37. The molecule has 58 heavy (non-hydrogen) atoms. The number of nitriles is 1. The maximum Gasteiger partial charge on any atom is 0.419 e. The van der Waals surface area contributed by atoms with Gasteiger partial charge in [-0.25, -0.2) is 18.0 Å². The van der Waals surface area contributed by atoms with Crippen LogP contribution in [0.5, 0.6) is 6.01 Å². The van der Waals surface area contributed by atoms with Crippen LogP contribution in [0.2, 0.25) is 0 Å². The zero-order valence-corrected chi connectivity index (χ0v) is 32.0. The Bertz CT molecular complexity index is 2340. The highest BCUT2D eigenvalue weighted by atomic mass is 32.1. The van der Waals surface area contributed by atoms with Crippen LogP contribution in [0.25, 0.3) is 32.1 Å². The molecule has 2 aromatic carbocycles. The maximum atomic E-state index is 15.8. The number of carbonyl (C=O) groups is 1. The number of benzene rings is 2. The third-order valence-corrected chi connectivity index (χ3v) is 13.0. The lowest BCUT2D eigenvalue weighted by molar-refractivity contribution is -0.141. The van der Waals surface area contributed by atoms with Crippen molar-refractivity contribution in [3.05, 3.63) is 40.7 Å². The fourth-order valence-corrected chi connectivity index (χ4v) is 10.2. The number of ether oxygens (including phenoxy) is 1. The number of carbonyl (C=O) groups excluding carboxylic acids is 1. The number of alkyl halides is 8. The van der Waals surface area contributed by atoms with Crippen LogP contribution in [-0.4, -0.2) is 107 Å². The van der Waals surface area contributed by atoms with Crippen LogP contribution in [0.1, 0.15) is 56.2 Å². The number of likely N-dealkylation sites (N-methyl/N-ethyl adjacent to an activating group) is 1. The van der Waals surface area contributed by atoms with Crippen molar-refractivity contribution in [2.45, 2.75) is 81.8 Å². The van der Waals surface area contributed by atoms with Gasteiger partial charge in [-0.1, -0.05) is 6.07 Å². The van der Waals surface area contributed by atoms with E-state index in [4.69, 9.17) is 10.5 Å². The standard InChI is InChI=1S/C38H37F9N8O2S/c1-3-54(21-9-18(2)55(16-21)35(56)52-13-20(40)14-52)33-23-10-25(37(42,43)44)28(22-5-6-26(41)31-27(22)24(12-48)32(49)58-31)29(38(45,46)47)30(23)50-34(51-33)57-17-36-7-4-8-53(36)15-19(39)11-36/h5-6,10,18-21H,3-4,7-9,11,13-17,49H2,1-2H3/t18-,19-,21+,36+/m1/s1. The summed E-state index contributed by atoms with van der Waals surface area (Å²) in [6.45, 7) is 3.68. The molecule has 0 spiro atoms. The molecule has 2 amide bonds. The van der Waals surface area contributed by atoms with Crippen LogP contribution in [0.4, 0.5) is 55.1 Å². The summed E-state index contributed by atoms with van der Waals surface area (Å²) in [5.74, 6) is -1.33. The summed E-state index contributed by atoms with van der Waals surface area (Å²) < 4.78 is 143. The van der Waals surface area contributed by atoms with Gasteiger partial charge in [0.2, 0.25) is 0 Å². The number of anilines is 2. The monoisotopic (exact) mass is 840 g/mol. The molecule has 0 aliphatic carbocycles. The van der Waals surface area contributed by atoms with Gasteiger partial charge in [0.25, 0.3) is 0 Å². The van der Waals surface area contributed by atoms with Crippen molar-refractivity contribution in [3.8, 4) is 23.2 Å². The number of urea groups is 1. The highest BCUT2D eigenvalue weighted by Gasteiger charge is 2.50. The van der Waals surface area contributed by atoms with Crippen molar-refractivity contribution < 1.29 is 49.0 Å². The summed E-state index contributed by atoms with van der Waals surface area (Å²) >= 11 is 0.515. The number of amides is 2. The summed E-state index contributed by atoms with van der Waals surface area (Å²) in [7, 11) is 0. The molecule has 4 saturated heterocycles. The smallest absolute Gasteiger partial charge is 0.419 e. The van der Waals surface area contributed by atoms with E-state index in [2.05, 4.69) is 9.97 Å². The molecule has 6 heterocycles. The molecule has 0 bridgehead atoms. The number of rotatable bonds is 7. The van der Waals surface area contributed by atoms with Crippen LogP contribution in [0.3, 0.4) is 0 Å². The molecule has 4 aromatic rings. The summed E-state index contributed by atoms with van der Waals surface area (Å²) in [4.78, 5) is 28.2. The van der Waals surface area contributed by atoms with Gasteiger partial charge in [-0.15, -0.1) is 11.3 Å². The highest BCUT2D eigenvalue weighted by Crippen LogP contribution is 2.52. The first-order valence-electron chi connectivity index (χ1n) is 18.8. The SMILES string of the molecule is CCN(c1nc(OC[C@@]23CCCN2C[C@H](F)C3)nc2c(C(F)(F)F)c(-c3ccc(F)c4sc(N)c(C#N)c34)c(C(F)(F)F)cc12)[C@H]1C[C@@H](C)N(C(=O)N2CC(F)C2)C1. The van der Waals surface area contributed by atoms with E-state index in [9.17, 15) is 18.8 Å². The number of likely N-dealkylation sites (tertiary alicyclic amines) is 2. The van der Waals surface area contributed by atoms with Gasteiger partial charge in [0.05, 0.1) is 51.6 Å². The van der Waals surface area contributed by atoms with Crippen molar-refractivity contribution >= 4 is 49.2 Å². The molecule has 2 aromatic heterocycles. The number of aromatic nitrogens is 2. The first kappa shape index (κ1) is 40.0. The molecular weight excluding hydrogens is 804 g/mol. The molecule has 4 aliphatic heterocycles. The van der Waals surface area contributed by atoms with E-state index < -0.39 is 109 Å². The maximum absolute atomic E-state index is 15.8. The average Bonchev–Trinajstić information content (AvgIpc) is 3.88. The fourth-order valence-electron chi connectivity index (χ4n) is 9.29. The van der Waals surface area contributed by atoms with Crippen LogP contribution in [-0.2, 0) is 12.4 Å². The molecule has 0 radical (unpaired) electrons. The predicted octanol–water partition coefficient (Wildman–Crippen LogP) is 8.16. The average molecular weight is 841 g/mol. The Morgan fingerprint density at radius 3 is 2.50 bits per heavy atom. The number of fused-ring (bicyclic) bond motifs is 3. The van der Waals surface area contributed by atoms with Crippen LogP contribution in [0.15, 0.2) is 18.2 Å². The Kier molecular flexibility index (Phi) is 9.80. The number of nitrogens with two attached hydrogens (primary N) is 1. The third-order valence-electron chi connectivity index (χ3n) is 11.9. The molecule has 8 rings (SSSR count). The van der Waals surface area contributed by atoms with Crippen molar-refractivity contribution in [1.29, 1.82) is 5.26 Å². The molecular formula is C38H37F9N8O2S. The van der Waals surface area contributed by atoms with Crippen molar-refractivity contribution in [3.63, 3.8) is 0 Å². The van der Waals surface area contributed by atoms with Gasteiger partial charge in [0.15, 0.2) is 0 Å². The molecule has 310 valence electrons. The molecule has 0 unspecified atom stereocenters. The van der Waals surface area contributed by atoms with Crippen LogP contribution < -0.4 is 15.4 Å². The zero-order chi connectivity index (χ0) is 41.6. The van der Waals surface area contributed by atoms with Crippen molar-refractivity contribution in [2.24, 2.45) is 0 Å². The van der Waals surface area contributed by atoms with Gasteiger partial charge in [-0.05, 0) is 57.4 Å². The topological polar surface area (TPSA) is 115 Å². The van der Waals surface area contributed by atoms with E-state index in [0.717, 1.165) is 6.07 Å². The molecule has 4 atom stereocenters. The molecule has 4 aliphatic rings. The number of hydrogen-bond donors (Lipinski definition) is 1. The van der Waals surface area contributed by atoms with Gasteiger partial charge in [-0.3, -0.25) is 4.90 Å². The van der Waals surface area contributed by atoms with Crippen molar-refractivity contribution in [2.75, 3.05) is 56.5 Å². The van der Waals surface area contributed by atoms with E-state index in [1.54, 1.807) is 19.9 Å². The Labute approximate surface area is 329 Å². The second-order valence-electron chi connectivity index (χ2n) is 15.5. The predicted molar refractivity (Wildman–Crippen MR) is 197 cm³/mol. The van der Waals surface area contributed by atoms with E-state index in [1.807, 2.05) is 4.90 Å². The summed E-state index contributed by atoms with van der Waals surface area (Å²) in [5.41, 5.74) is -2.02. The Hall–Kier alpha value is -4.77. The highest BCUT2D eigenvalue weighted by molar-refractivity contribution is 7.23. The minimum atomic E-state index is -5.55. The summed E-state index contributed by atoms with van der Waals surface area (Å²) in [5, 5.41) is 8.47. The van der Waals surface area contributed by atoms with E-state index in [0.29, 0.717) is 42.9 Å². The normalized spacial score (nSPS) is 24.1. The van der Waals surface area contributed by atoms with Gasteiger partial charge >= 0.3 is 24.4 Å². The lowest BCUT2D eigenvalue weighted by atomic mass is 9.88. The fraction of sp³-hybridized carbons (Fsp3) is 0.526. The molecule has 20 heteroatoms. The number of nitrogens with zero attached hydrogens (tertiary/aromatic N) is 7. The van der Waals surface area contributed by atoms with Gasteiger partial charge in [0, 0.05) is 48.4 Å². The number of nitrogen functional groups attached to an aromatic ring is 1. The van der Waals surface area contributed by atoms with Gasteiger partial charge in [0.1, 0.15) is 41.7 Å². The lowest BCUT2D eigenvalue weighted by Gasteiger charge is -2.38. The quantitative estimate of drug-likeness (QED) is 0.186.